The molecule has 12 nitrogen and oxygen atoms in total. The van der Waals surface area contributed by atoms with Crippen molar-refractivity contribution in [3.8, 4) is 0 Å². The Hall–Kier alpha value is -3.67. The van der Waals surface area contributed by atoms with Crippen LogP contribution in [0.4, 0.5) is 4.79 Å². The van der Waals surface area contributed by atoms with E-state index in [1.54, 1.807) is 24.3 Å². The molecule has 1 aromatic rings. The van der Waals surface area contributed by atoms with Gasteiger partial charge in [0, 0.05) is 12.5 Å². The molecule has 0 aromatic heterocycles. The molecule has 1 aliphatic rings. The van der Waals surface area contributed by atoms with Crippen molar-refractivity contribution in [3.63, 3.8) is 0 Å². The van der Waals surface area contributed by atoms with E-state index in [1.807, 2.05) is 6.07 Å². The average molecular weight is 577 g/mol. The summed E-state index contributed by atoms with van der Waals surface area (Å²) in [4.78, 5) is 63.4. The lowest BCUT2D eigenvalue weighted by atomic mass is 9.95. The van der Waals surface area contributed by atoms with Crippen molar-refractivity contribution in [3.05, 3.63) is 35.9 Å². The Labute approximate surface area is 241 Å². The second-order valence-corrected chi connectivity index (χ2v) is 10.4. The molecular weight excluding hydrogens is 532 g/mol. The van der Waals surface area contributed by atoms with Crippen molar-refractivity contribution in [2.24, 2.45) is 5.73 Å². The van der Waals surface area contributed by atoms with Gasteiger partial charge in [-0.05, 0) is 50.6 Å². The summed E-state index contributed by atoms with van der Waals surface area (Å²) in [5.41, 5.74) is 6.32. The number of carboxylic acid groups (broad SMARTS) is 2. The average Bonchev–Trinajstić information content (AvgIpc) is 2.92. The number of carbonyl (C=O) groups excluding carboxylic acids is 3. The van der Waals surface area contributed by atoms with Crippen molar-refractivity contribution >= 4 is 29.8 Å². The predicted octanol–water partition coefficient (Wildman–Crippen LogP) is 2.79. The van der Waals surface area contributed by atoms with Gasteiger partial charge in [-0.1, -0.05) is 62.4 Å². The van der Waals surface area contributed by atoms with E-state index in [2.05, 4.69) is 10.6 Å². The monoisotopic (exact) mass is 576 g/mol. The van der Waals surface area contributed by atoms with Crippen LogP contribution < -0.4 is 16.4 Å². The molecular formula is C29H44N4O8. The van der Waals surface area contributed by atoms with Gasteiger partial charge in [0.25, 0.3) is 0 Å². The number of aliphatic carboxylic acids is 2. The normalized spacial score (nSPS) is 15.4. The van der Waals surface area contributed by atoms with Crippen molar-refractivity contribution in [1.82, 2.24) is 15.5 Å². The Kier molecular flexibility index (Phi) is 15.2. The first-order chi connectivity index (χ1) is 19.7. The van der Waals surface area contributed by atoms with Gasteiger partial charge in [0.05, 0.1) is 0 Å². The predicted molar refractivity (Wildman–Crippen MR) is 151 cm³/mol. The number of hydrogen-bond acceptors (Lipinski definition) is 7. The molecule has 1 aromatic carbocycles. The fourth-order valence-electron chi connectivity index (χ4n) is 4.92. The maximum absolute atomic E-state index is 13.1. The number of amides is 3. The summed E-state index contributed by atoms with van der Waals surface area (Å²) in [5, 5.41) is 24.1. The summed E-state index contributed by atoms with van der Waals surface area (Å²) in [6.45, 7) is -0.0656. The van der Waals surface area contributed by atoms with Gasteiger partial charge in [-0.25, -0.2) is 9.59 Å². The van der Waals surface area contributed by atoms with Crippen LogP contribution in [0.5, 0.6) is 0 Å². The SMILES string of the molecule is NCCCC[C@H](NC(=O)OCc1ccccc1)C(=O)N[C@H](CCC(=O)N(CC(=O)O)C1CCCCCCC1)C(=O)O. The lowest BCUT2D eigenvalue weighted by Crippen LogP contribution is -2.52. The van der Waals surface area contributed by atoms with Crippen LogP contribution in [-0.4, -0.2) is 76.2 Å². The molecule has 41 heavy (non-hydrogen) atoms. The number of nitrogens with one attached hydrogen (secondary N) is 2. The number of hydrogen-bond donors (Lipinski definition) is 5. The Morgan fingerprint density at radius 1 is 0.902 bits per heavy atom. The Morgan fingerprint density at radius 3 is 2.17 bits per heavy atom. The Bertz CT molecular complexity index is 982. The zero-order chi connectivity index (χ0) is 30.0. The molecule has 6 N–H and O–H groups in total. The number of rotatable bonds is 16. The van der Waals surface area contributed by atoms with E-state index in [1.165, 1.54) is 4.90 Å². The molecule has 12 heteroatoms. The van der Waals surface area contributed by atoms with Crippen LogP contribution in [0.2, 0.25) is 0 Å². The first-order valence-corrected chi connectivity index (χ1v) is 14.4. The summed E-state index contributed by atoms with van der Waals surface area (Å²) in [7, 11) is 0. The van der Waals surface area contributed by atoms with E-state index in [4.69, 9.17) is 10.5 Å². The van der Waals surface area contributed by atoms with Gasteiger partial charge in [-0.15, -0.1) is 0 Å². The fourth-order valence-corrected chi connectivity index (χ4v) is 4.92. The van der Waals surface area contributed by atoms with Crippen molar-refractivity contribution in [1.29, 1.82) is 0 Å². The maximum Gasteiger partial charge on any atom is 0.408 e. The summed E-state index contributed by atoms with van der Waals surface area (Å²) < 4.78 is 5.21. The zero-order valence-electron chi connectivity index (χ0n) is 23.6. The number of alkyl carbamates (subject to hydrolysis) is 1. The van der Waals surface area contributed by atoms with Gasteiger partial charge >= 0.3 is 18.0 Å². The molecule has 0 aliphatic heterocycles. The van der Waals surface area contributed by atoms with Gasteiger partial charge < -0.3 is 36.2 Å². The minimum Gasteiger partial charge on any atom is -0.480 e. The standard InChI is InChI=1S/C29H44N4O8/c30-18-10-9-15-23(32-29(40)41-20-21-11-5-4-6-12-21)27(37)31-24(28(38)39)16-17-25(34)33(19-26(35)36)22-13-7-2-1-3-8-14-22/h4-6,11-12,22-24H,1-3,7-10,13-20,30H2,(H,31,37)(H,32,40)(H,35,36)(H,38,39)/t23-,24+/m0/s1. The summed E-state index contributed by atoms with van der Waals surface area (Å²) in [6, 6.07) is 6.31. The summed E-state index contributed by atoms with van der Waals surface area (Å²) in [5.74, 6) is -3.65. The second-order valence-electron chi connectivity index (χ2n) is 10.4. The van der Waals surface area contributed by atoms with Crippen molar-refractivity contribution in [2.45, 2.75) is 102 Å². The number of ether oxygens (including phenoxy) is 1. The molecule has 1 aliphatic carbocycles. The molecule has 2 rings (SSSR count). The highest BCUT2D eigenvalue weighted by atomic mass is 16.5. The lowest BCUT2D eigenvalue weighted by Gasteiger charge is -2.32. The minimum atomic E-state index is -1.41. The molecule has 0 unspecified atom stereocenters. The number of benzene rings is 1. The molecule has 1 saturated carbocycles. The van der Waals surface area contributed by atoms with E-state index in [0.717, 1.165) is 37.7 Å². The van der Waals surface area contributed by atoms with E-state index < -0.39 is 48.5 Å². The third-order valence-electron chi connectivity index (χ3n) is 7.17. The quantitative estimate of drug-likeness (QED) is 0.184. The van der Waals surface area contributed by atoms with E-state index >= 15 is 0 Å². The zero-order valence-corrected chi connectivity index (χ0v) is 23.6. The molecule has 0 spiro atoms. The number of unbranched alkanes of at least 4 members (excludes halogenated alkanes) is 1. The van der Waals surface area contributed by atoms with Gasteiger partial charge in [0.2, 0.25) is 11.8 Å². The number of nitrogens with two attached hydrogens (primary N) is 1. The van der Waals surface area contributed by atoms with Crippen LogP contribution in [0.1, 0.15) is 82.6 Å². The number of carbonyl (C=O) groups is 5. The van der Waals surface area contributed by atoms with Crippen molar-refractivity contribution in [2.75, 3.05) is 13.1 Å². The molecule has 0 saturated heterocycles. The first kappa shape index (κ1) is 33.5. The highest BCUT2D eigenvalue weighted by Crippen LogP contribution is 2.22. The largest absolute Gasteiger partial charge is 0.480 e. The highest BCUT2D eigenvalue weighted by molar-refractivity contribution is 5.89. The fraction of sp³-hybridized carbons (Fsp3) is 0.621. The number of carboxylic acids is 2. The van der Waals surface area contributed by atoms with Crippen LogP contribution in [0.15, 0.2) is 30.3 Å². The Balaban J connectivity index is 2.01. The Morgan fingerprint density at radius 2 is 1.56 bits per heavy atom. The number of nitrogens with zero attached hydrogens (tertiary/aromatic N) is 1. The van der Waals surface area contributed by atoms with Crippen LogP contribution in [0.25, 0.3) is 0 Å². The highest BCUT2D eigenvalue weighted by Gasteiger charge is 2.30. The van der Waals surface area contributed by atoms with Crippen LogP contribution in [0, 0.1) is 0 Å². The second kappa shape index (κ2) is 18.6. The van der Waals surface area contributed by atoms with Crippen LogP contribution in [0.3, 0.4) is 0 Å². The minimum absolute atomic E-state index is 0.00247. The molecule has 0 radical (unpaired) electrons. The molecule has 0 heterocycles. The third kappa shape index (κ3) is 13.0. The summed E-state index contributed by atoms with van der Waals surface area (Å²) >= 11 is 0. The topological polar surface area (TPSA) is 188 Å². The smallest absolute Gasteiger partial charge is 0.408 e. The van der Waals surface area contributed by atoms with Crippen LogP contribution >= 0.6 is 0 Å². The molecule has 1 fully saturated rings. The van der Waals surface area contributed by atoms with Gasteiger partial charge in [0.1, 0.15) is 25.2 Å². The van der Waals surface area contributed by atoms with E-state index in [9.17, 15) is 34.2 Å². The first-order valence-electron chi connectivity index (χ1n) is 14.4. The lowest BCUT2D eigenvalue weighted by molar-refractivity contribution is -0.147. The van der Waals surface area contributed by atoms with Gasteiger partial charge in [-0.3, -0.25) is 14.4 Å². The van der Waals surface area contributed by atoms with Crippen LogP contribution in [-0.2, 0) is 30.5 Å². The van der Waals surface area contributed by atoms with Gasteiger partial charge in [-0.2, -0.15) is 0 Å². The molecule has 228 valence electrons. The van der Waals surface area contributed by atoms with Gasteiger partial charge in [0.15, 0.2) is 0 Å². The molecule has 0 bridgehead atoms. The molecule has 2 atom stereocenters. The molecule has 3 amide bonds. The maximum atomic E-state index is 13.1. The summed E-state index contributed by atoms with van der Waals surface area (Å²) in [6.07, 6.45) is 6.39. The third-order valence-corrected chi connectivity index (χ3v) is 7.17. The van der Waals surface area contributed by atoms with Crippen molar-refractivity contribution < 1.29 is 38.9 Å². The van der Waals surface area contributed by atoms with E-state index in [0.29, 0.717) is 32.2 Å². The van der Waals surface area contributed by atoms with E-state index in [-0.39, 0.29) is 31.9 Å².